The minimum atomic E-state index is -3.66. The Morgan fingerprint density at radius 3 is 2.29 bits per heavy atom. The predicted molar refractivity (Wildman–Crippen MR) is 163 cm³/mol. The number of carbonyl (C=O) groups excluding carboxylic acids is 2. The van der Waals surface area contributed by atoms with Crippen LogP contribution in [0, 0.1) is 13.8 Å². The number of hydrogen-bond acceptors (Lipinski definition) is 5. The molecule has 9 heteroatoms. The minimum Gasteiger partial charge on any atom is -0.358 e. The van der Waals surface area contributed by atoms with Crippen LogP contribution in [0.1, 0.15) is 64.8 Å². The number of nitrogens with zero attached hydrogens (tertiary/aromatic N) is 2. The highest BCUT2D eigenvalue weighted by atomic mass is 32.2. The zero-order chi connectivity index (χ0) is 29.7. The number of piperazine rings is 1. The third kappa shape index (κ3) is 5.74. The van der Waals surface area contributed by atoms with Crippen LogP contribution < -0.4 is 5.32 Å². The van der Waals surface area contributed by atoms with E-state index in [9.17, 15) is 18.0 Å². The van der Waals surface area contributed by atoms with E-state index in [1.807, 2.05) is 50.1 Å². The highest BCUT2D eigenvalue weighted by molar-refractivity contribution is 7.90. The quantitative estimate of drug-likeness (QED) is 0.427. The summed E-state index contributed by atoms with van der Waals surface area (Å²) in [4.78, 5) is 33.8. The van der Waals surface area contributed by atoms with Crippen LogP contribution in [0.4, 0.5) is 5.69 Å². The van der Waals surface area contributed by atoms with Gasteiger partial charge in [-0.2, -0.15) is 0 Å². The van der Waals surface area contributed by atoms with Crippen molar-refractivity contribution in [2.75, 3.05) is 38.5 Å². The molecule has 0 spiro atoms. The van der Waals surface area contributed by atoms with Crippen molar-refractivity contribution in [3.8, 4) is 0 Å². The van der Waals surface area contributed by atoms with Crippen LogP contribution in [0.3, 0.4) is 0 Å². The van der Waals surface area contributed by atoms with E-state index in [0.29, 0.717) is 46.7 Å². The summed E-state index contributed by atoms with van der Waals surface area (Å²) < 4.78 is 26.8. The number of fused-ring (bicyclic) bond motifs is 1. The molecule has 0 aliphatic carbocycles. The highest BCUT2D eigenvalue weighted by Gasteiger charge is 2.29. The van der Waals surface area contributed by atoms with E-state index >= 15 is 0 Å². The maximum Gasteiger partial charge on any atom is 0.256 e. The van der Waals surface area contributed by atoms with Gasteiger partial charge in [0.2, 0.25) is 0 Å². The van der Waals surface area contributed by atoms with Crippen LogP contribution in [0.25, 0.3) is 11.6 Å². The zero-order valence-electron chi connectivity index (χ0n) is 24.6. The molecule has 5 rings (SSSR count). The van der Waals surface area contributed by atoms with Gasteiger partial charge in [-0.25, -0.2) is 8.42 Å². The van der Waals surface area contributed by atoms with Crippen molar-refractivity contribution in [3.63, 3.8) is 0 Å². The van der Waals surface area contributed by atoms with Crippen LogP contribution >= 0.6 is 0 Å². The first-order chi connectivity index (χ1) is 19.2. The number of aromatic amines is 1. The standard InChI is InChI=1S/C32H38N4O4S/c1-20-28(33-21(2)29(20)31(38)36-15-13-35(6)14-16-36)18-26-25-17-24(11-12-27(25)34-30(26)37)41(39,40)19-22-7-9-23(10-8-22)32(3,4)5/h7-12,17-18,33H,13-16,19H2,1-6H3,(H,34,37)/b26-18-. The molecule has 8 nitrogen and oxygen atoms in total. The molecule has 41 heavy (non-hydrogen) atoms. The number of amides is 2. The second-order valence-electron chi connectivity index (χ2n) is 12.2. The Morgan fingerprint density at radius 1 is 1.00 bits per heavy atom. The Balaban J connectivity index is 1.43. The zero-order valence-corrected chi connectivity index (χ0v) is 25.4. The van der Waals surface area contributed by atoms with Crippen molar-refractivity contribution in [2.45, 2.75) is 50.7 Å². The first-order valence-electron chi connectivity index (χ1n) is 13.9. The van der Waals surface area contributed by atoms with Gasteiger partial charge in [0.15, 0.2) is 9.84 Å². The molecular weight excluding hydrogens is 536 g/mol. The van der Waals surface area contributed by atoms with Crippen molar-refractivity contribution >= 4 is 39.0 Å². The lowest BCUT2D eigenvalue weighted by Crippen LogP contribution is -2.47. The third-order valence-corrected chi connectivity index (χ3v) is 9.76. The van der Waals surface area contributed by atoms with E-state index in [1.165, 1.54) is 6.07 Å². The van der Waals surface area contributed by atoms with Gasteiger partial charge in [0.25, 0.3) is 11.8 Å². The lowest BCUT2D eigenvalue weighted by Gasteiger charge is -2.32. The average Bonchev–Trinajstić information content (AvgIpc) is 3.37. The summed E-state index contributed by atoms with van der Waals surface area (Å²) in [7, 11) is -1.62. The Labute approximate surface area is 242 Å². The number of aryl methyl sites for hydroxylation is 1. The van der Waals surface area contributed by atoms with Crippen molar-refractivity contribution in [1.29, 1.82) is 0 Å². The number of anilines is 1. The molecule has 2 aromatic carbocycles. The predicted octanol–water partition coefficient (Wildman–Crippen LogP) is 4.78. The molecule has 2 aliphatic rings. The summed E-state index contributed by atoms with van der Waals surface area (Å²) in [5, 5.41) is 2.84. The average molecular weight is 575 g/mol. The van der Waals surface area contributed by atoms with Gasteiger partial charge in [-0.3, -0.25) is 9.59 Å². The van der Waals surface area contributed by atoms with E-state index in [1.54, 1.807) is 18.2 Å². The highest BCUT2D eigenvalue weighted by Crippen LogP contribution is 2.36. The van der Waals surface area contributed by atoms with E-state index in [2.05, 4.69) is 36.0 Å². The first kappa shape index (κ1) is 28.8. The fourth-order valence-corrected chi connectivity index (χ4v) is 6.83. The molecule has 0 atom stereocenters. The van der Waals surface area contributed by atoms with Gasteiger partial charge in [0.05, 0.1) is 21.8 Å². The largest absolute Gasteiger partial charge is 0.358 e. The molecule has 1 aromatic heterocycles. The number of benzene rings is 2. The summed E-state index contributed by atoms with van der Waals surface area (Å²) in [6.45, 7) is 13.1. The Morgan fingerprint density at radius 2 is 1.66 bits per heavy atom. The molecule has 0 bridgehead atoms. The minimum absolute atomic E-state index is 0.0193. The lowest BCUT2D eigenvalue weighted by molar-refractivity contribution is -0.110. The van der Waals surface area contributed by atoms with E-state index in [-0.39, 0.29) is 27.9 Å². The fourth-order valence-electron chi connectivity index (χ4n) is 5.46. The number of likely N-dealkylation sites (N-methyl/N-ethyl adjacent to an activating group) is 1. The van der Waals surface area contributed by atoms with Crippen molar-refractivity contribution in [3.05, 3.63) is 81.7 Å². The molecule has 2 aliphatic heterocycles. The van der Waals surface area contributed by atoms with Crippen LogP contribution in [0.15, 0.2) is 47.4 Å². The van der Waals surface area contributed by atoms with E-state index in [4.69, 9.17) is 0 Å². The van der Waals surface area contributed by atoms with Gasteiger partial charge in [-0.1, -0.05) is 45.0 Å². The van der Waals surface area contributed by atoms with Gasteiger partial charge >= 0.3 is 0 Å². The van der Waals surface area contributed by atoms with Crippen LogP contribution in [0.2, 0.25) is 0 Å². The van der Waals surface area contributed by atoms with Crippen molar-refractivity contribution < 1.29 is 18.0 Å². The van der Waals surface area contributed by atoms with Crippen LogP contribution in [0.5, 0.6) is 0 Å². The topological polar surface area (TPSA) is 103 Å². The SMILES string of the molecule is Cc1[nH]c(/C=C2\C(=O)Nc3ccc(S(=O)(=O)Cc4ccc(C(C)(C)C)cc4)cc32)c(C)c1C(=O)N1CCN(C)CC1. The van der Waals surface area contributed by atoms with Gasteiger partial charge in [-0.05, 0) is 67.3 Å². The second-order valence-corrected chi connectivity index (χ2v) is 14.2. The number of carbonyl (C=O) groups is 2. The number of rotatable bonds is 5. The summed E-state index contributed by atoms with van der Waals surface area (Å²) in [5.41, 5.74) is 6.05. The number of H-pyrrole nitrogens is 1. The van der Waals surface area contributed by atoms with E-state index < -0.39 is 9.84 Å². The van der Waals surface area contributed by atoms with Gasteiger partial charge in [0.1, 0.15) is 0 Å². The molecule has 2 N–H and O–H groups in total. The molecule has 0 unspecified atom stereocenters. The number of aromatic nitrogens is 1. The molecule has 3 heterocycles. The molecule has 216 valence electrons. The summed E-state index contributed by atoms with van der Waals surface area (Å²) in [6, 6.07) is 12.4. The smallest absolute Gasteiger partial charge is 0.256 e. The third-order valence-electron chi connectivity index (χ3n) is 8.08. The Hall–Kier alpha value is -3.69. The van der Waals surface area contributed by atoms with Crippen molar-refractivity contribution in [1.82, 2.24) is 14.8 Å². The molecule has 1 fully saturated rings. The van der Waals surface area contributed by atoms with Gasteiger partial charge < -0.3 is 20.1 Å². The monoisotopic (exact) mass is 574 g/mol. The lowest BCUT2D eigenvalue weighted by atomic mass is 9.87. The van der Waals surface area contributed by atoms with Gasteiger partial charge in [-0.15, -0.1) is 0 Å². The molecular formula is C32H38N4O4S. The maximum atomic E-state index is 13.4. The summed E-state index contributed by atoms with van der Waals surface area (Å²) >= 11 is 0. The van der Waals surface area contributed by atoms with E-state index in [0.717, 1.165) is 29.9 Å². The molecule has 2 amide bonds. The first-order valence-corrected chi connectivity index (χ1v) is 15.6. The van der Waals surface area contributed by atoms with Crippen molar-refractivity contribution in [2.24, 2.45) is 0 Å². The fraction of sp³-hybridized carbons (Fsp3) is 0.375. The molecule has 0 radical (unpaired) electrons. The maximum absolute atomic E-state index is 13.4. The number of hydrogen-bond donors (Lipinski definition) is 2. The summed E-state index contributed by atoms with van der Waals surface area (Å²) in [5.74, 6) is -0.469. The molecule has 1 saturated heterocycles. The second kappa shape index (κ2) is 10.6. The van der Waals surface area contributed by atoms with Crippen LogP contribution in [-0.2, 0) is 25.8 Å². The normalized spacial score (nSPS) is 17.2. The Bertz CT molecular complexity index is 1650. The molecule has 3 aromatic rings. The summed E-state index contributed by atoms with van der Waals surface area (Å²) in [6.07, 6.45) is 1.71. The molecule has 0 saturated carbocycles. The number of sulfone groups is 1. The van der Waals surface area contributed by atoms with Gasteiger partial charge in [0, 0.05) is 48.8 Å². The van der Waals surface area contributed by atoms with Crippen LogP contribution in [-0.4, -0.2) is 68.2 Å². The Kier molecular flexibility index (Phi) is 7.46. The number of nitrogens with one attached hydrogen (secondary N) is 2.